The largest absolute Gasteiger partial charge is 0.297 e. The molecule has 4 heteroatoms. The SMILES string of the molecule is CCc1ccc(-c2nc(CN3CCC(C(=O)c4ccccc4)CC3)cs2)cc1. The molecule has 1 aromatic heterocycles. The van der Waals surface area contributed by atoms with Crippen molar-refractivity contribution in [1.29, 1.82) is 0 Å². The molecule has 2 aromatic carbocycles. The van der Waals surface area contributed by atoms with Gasteiger partial charge in [-0.2, -0.15) is 0 Å². The maximum absolute atomic E-state index is 12.6. The summed E-state index contributed by atoms with van der Waals surface area (Å²) < 4.78 is 0. The third kappa shape index (κ3) is 4.40. The highest BCUT2D eigenvalue weighted by Crippen LogP contribution is 2.27. The van der Waals surface area contributed by atoms with Crippen molar-refractivity contribution in [2.45, 2.75) is 32.7 Å². The van der Waals surface area contributed by atoms with Crippen LogP contribution in [0, 0.1) is 5.92 Å². The molecule has 1 fully saturated rings. The molecule has 1 aliphatic heterocycles. The molecular formula is C24H26N2OS. The monoisotopic (exact) mass is 390 g/mol. The molecular weight excluding hydrogens is 364 g/mol. The van der Waals surface area contributed by atoms with Crippen LogP contribution in [0.3, 0.4) is 0 Å². The summed E-state index contributed by atoms with van der Waals surface area (Å²) in [4.78, 5) is 19.9. The molecule has 3 aromatic rings. The van der Waals surface area contributed by atoms with E-state index >= 15 is 0 Å². The number of benzene rings is 2. The second kappa shape index (κ2) is 8.80. The first kappa shape index (κ1) is 19.0. The number of Topliss-reactive ketones (excluding diaryl/α,β-unsaturated/α-hetero) is 1. The average molecular weight is 391 g/mol. The Morgan fingerprint density at radius 2 is 1.79 bits per heavy atom. The minimum absolute atomic E-state index is 0.154. The number of carbonyl (C=O) groups is 1. The van der Waals surface area contributed by atoms with Crippen molar-refractivity contribution in [3.05, 3.63) is 76.8 Å². The molecule has 0 atom stereocenters. The first-order chi connectivity index (χ1) is 13.7. The predicted octanol–water partition coefficient (Wildman–Crippen LogP) is 5.47. The van der Waals surface area contributed by atoms with Gasteiger partial charge in [-0.1, -0.05) is 61.5 Å². The van der Waals surface area contributed by atoms with Gasteiger partial charge in [-0.15, -0.1) is 11.3 Å². The Bertz CT molecular complexity index is 909. The third-order valence-electron chi connectivity index (χ3n) is 5.56. The minimum atomic E-state index is 0.154. The summed E-state index contributed by atoms with van der Waals surface area (Å²) in [6, 6.07) is 18.4. The van der Waals surface area contributed by atoms with E-state index in [-0.39, 0.29) is 5.92 Å². The van der Waals surface area contributed by atoms with Crippen molar-refractivity contribution in [3.8, 4) is 10.6 Å². The number of likely N-dealkylation sites (tertiary alicyclic amines) is 1. The molecule has 1 saturated heterocycles. The standard InChI is InChI=1S/C24H26N2OS/c1-2-18-8-10-21(11-9-18)24-25-22(17-28-24)16-26-14-12-20(13-15-26)23(27)19-6-4-3-5-7-19/h3-11,17,20H,2,12-16H2,1H3. The number of thiazole rings is 1. The van der Waals surface area contributed by atoms with Crippen molar-refractivity contribution in [3.63, 3.8) is 0 Å². The van der Waals surface area contributed by atoms with Gasteiger partial charge in [0.2, 0.25) is 0 Å². The lowest BCUT2D eigenvalue weighted by atomic mass is 9.89. The highest BCUT2D eigenvalue weighted by atomic mass is 32.1. The molecule has 0 radical (unpaired) electrons. The average Bonchev–Trinajstić information content (AvgIpc) is 3.23. The molecule has 0 bridgehead atoms. The van der Waals surface area contributed by atoms with E-state index in [0.717, 1.165) is 55.2 Å². The number of ketones is 1. The maximum Gasteiger partial charge on any atom is 0.166 e. The summed E-state index contributed by atoms with van der Waals surface area (Å²) in [5.74, 6) is 0.452. The summed E-state index contributed by atoms with van der Waals surface area (Å²) in [6.07, 6.45) is 2.93. The number of aromatic nitrogens is 1. The van der Waals surface area contributed by atoms with Crippen molar-refractivity contribution >= 4 is 17.1 Å². The molecule has 0 aliphatic carbocycles. The Morgan fingerprint density at radius 1 is 1.07 bits per heavy atom. The normalized spacial score (nSPS) is 15.6. The van der Waals surface area contributed by atoms with Gasteiger partial charge >= 0.3 is 0 Å². The molecule has 4 rings (SSSR count). The number of hydrogen-bond acceptors (Lipinski definition) is 4. The predicted molar refractivity (Wildman–Crippen MR) is 116 cm³/mol. The fraction of sp³-hybridized carbons (Fsp3) is 0.333. The minimum Gasteiger partial charge on any atom is -0.297 e. The lowest BCUT2D eigenvalue weighted by Gasteiger charge is -2.30. The molecule has 144 valence electrons. The van der Waals surface area contributed by atoms with E-state index in [0.29, 0.717) is 5.78 Å². The number of hydrogen-bond donors (Lipinski definition) is 0. The first-order valence-corrected chi connectivity index (χ1v) is 11.0. The first-order valence-electron chi connectivity index (χ1n) is 10.1. The Morgan fingerprint density at radius 3 is 2.46 bits per heavy atom. The fourth-order valence-electron chi connectivity index (χ4n) is 3.82. The van der Waals surface area contributed by atoms with Gasteiger partial charge in [0, 0.05) is 29.0 Å². The summed E-state index contributed by atoms with van der Waals surface area (Å²) in [5.41, 5.74) is 4.53. The van der Waals surface area contributed by atoms with Crippen LogP contribution >= 0.6 is 11.3 Å². The lowest BCUT2D eigenvalue weighted by Crippen LogP contribution is -2.36. The smallest absolute Gasteiger partial charge is 0.166 e. The fourth-order valence-corrected chi connectivity index (χ4v) is 4.63. The van der Waals surface area contributed by atoms with Crippen molar-refractivity contribution < 1.29 is 4.79 Å². The van der Waals surface area contributed by atoms with Crippen LogP contribution in [0.4, 0.5) is 0 Å². The van der Waals surface area contributed by atoms with Crippen molar-refractivity contribution in [1.82, 2.24) is 9.88 Å². The van der Waals surface area contributed by atoms with E-state index in [9.17, 15) is 4.79 Å². The molecule has 0 saturated carbocycles. The molecule has 1 aliphatic rings. The van der Waals surface area contributed by atoms with E-state index in [1.54, 1.807) is 11.3 Å². The molecule has 3 nitrogen and oxygen atoms in total. The second-order valence-corrected chi connectivity index (χ2v) is 8.33. The van der Waals surface area contributed by atoms with Gasteiger partial charge in [-0.25, -0.2) is 4.98 Å². The van der Waals surface area contributed by atoms with E-state index < -0.39 is 0 Å². The van der Waals surface area contributed by atoms with Crippen molar-refractivity contribution in [2.24, 2.45) is 5.92 Å². The molecule has 2 heterocycles. The van der Waals surface area contributed by atoms with Crippen LogP contribution < -0.4 is 0 Å². The lowest BCUT2D eigenvalue weighted by molar-refractivity contribution is 0.0834. The highest BCUT2D eigenvalue weighted by molar-refractivity contribution is 7.13. The van der Waals surface area contributed by atoms with Gasteiger partial charge in [0.25, 0.3) is 0 Å². The number of rotatable bonds is 6. The summed E-state index contributed by atoms with van der Waals surface area (Å²) in [6.45, 7) is 4.96. The molecule has 0 N–H and O–H groups in total. The number of nitrogens with zero attached hydrogens (tertiary/aromatic N) is 2. The molecule has 0 unspecified atom stereocenters. The zero-order valence-corrected chi connectivity index (χ0v) is 17.1. The maximum atomic E-state index is 12.6. The zero-order chi connectivity index (χ0) is 19.3. The van der Waals surface area contributed by atoms with E-state index in [4.69, 9.17) is 4.98 Å². The zero-order valence-electron chi connectivity index (χ0n) is 16.3. The van der Waals surface area contributed by atoms with Gasteiger partial charge < -0.3 is 0 Å². The molecule has 28 heavy (non-hydrogen) atoms. The van der Waals surface area contributed by atoms with E-state index in [1.807, 2.05) is 30.3 Å². The number of piperidine rings is 1. The molecule has 0 amide bonds. The summed E-state index contributed by atoms with van der Waals surface area (Å²) >= 11 is 1.72. The Kier molecular flexibility index (Phi) is 5.98. The number of carbonyl (C=O) groups excluding carboxylic acids is 1. The highest BCUT2D eigenvalue weighted by Gasteiger charge is 2.26. The second-order valence-electron chi connectivity index (χ2n) is 7.48. The van der Waals surface area contributed by atoms with Crippen LogP contribution in [0.2, 0.25) is 0 Å². The van der Waals surface area contributed by atoms with Crippen LogP contribution in [-0.4, -0.2) is 28.8 Å². The van der Waals surface area contributed by atoms with Gasteiger partial charge in [0.15, 0.2) is 5.78 Å². The topological polar surface area (TPSA) is 33.2 Å². The summed E-state index contributed by atoms with van der Waals surface area (Å²) in [7, 11) is 0. The van der Waals surface area contributed by atoms with Crippen LogP contribution in [0.25, 0.3) is 10.6 Å². The van der Waals surface area contributed by atoms with Crippen LogP contribution in [-0.2, 0) is 13.0 Å². The van der Waals surface area contributed by atoms with Gasteiger partial charge in [-0.05, 0) is 37.9 Å². The van der Waals surface area contributed by atoms with Crippen LogP contribution in [0.1, 0.15) is 41.4 Å². The van der Waals surface area contributed by atoms with E-state index in [2.05, 4.69) is 41.5 Å². The van der Waals surface area contributed by atoms with Gasteiger partial charge in [-0.3, -0.25) is 9.69 Å². The van der Waals surface area contributed by atoms with Crippen LogP contribution in [0.15, 0.2) is 60.0 Å². The Hall–Kier alpha value is -2.30. The quantitative estimate of drug-likeness (QED) is 0.524. The summed E-state index contributed by atoms with van der Waals surface area (Å²) in [5, 5.41) is 3.26. The third-order valence-corrected chi connectivity index (χ3v) is 6.50. The number of aryl methyl sites for hydroxylation is 1. The van der Waals surface area contributed by atoms with Gasteiger partial charge in [0.1, 0.15) is 5.01 Å². The van der Waals surface area contributed by atoms with Crippen LogP contribution in [0.5, 0.6) is 0 Å². The van der Waals surface area contributed by atoms with Crippen molar-refractivity contribution in [2.75, 3.05) is 13.1 Å². The molecule has 0 spiro atoms. The van der Waals surface area contributed by atoms with E-state index in [1.165, 1.54) is 11.1 Å². The Balaban J connectivity index is 1.32. The van der Waals surface area contributed by atoms with Gasteiger partial charge in [0.05, 0.1) is 5.69 Å². The Labute approximate surface area is 171 Å².